The van der Waals surface area contributed by atoms with Crippen LogP contribution in [-0.2, 0) is 4.74 Å². The van der Waals surface area contributed by atoms with E-state index < -0.39 is 5.82 Å². The molecule has 1 N–H and O–H groups in total. The molecule has 0 amide bonds. The summed E-state index contributed by atoms with van der Waals surface area (Å²) in [4.78, 5) is 0. The summed E-state index contributed by atoms with van der Waals surface area (Å²) < 4.78 is 24.2. The molecule has 0 radical (unpaired) electrons. The van der Waals surface area contributed by atoms with Gasteiger partial charge < -0.3 is 14.8 Å². The Labute approximate surface area is 111 Å². The van der Waals surface area contributed by atoms with Crippen LogP contribution >= 0.6 is 11.6 Å². The zero-order valence-electron chi connectivity index (χ0n) is 10.5. The van der Waals surface area contributed by atoms with Gasteiger partial charge in [-0.3, -0.25) is 0 Å². The first kappa shape index (κ1) is 13.6. The molecular weight excluding hydrogens is 257 g/mol. The van der Waals surface area contributed by atoms with Crippen LogP contribution in [0.25, 0.3) is 0 Å². The second-order valence-corrected chi connectivity index (χ2v) is 4.74. The van der Waals surface area contributed by atoms with Crippen molar-refractivity contribution in [3.63, 3.8) is 0 Å². The van der Waals surface area contributed by atoms with Crippen molar-refractivity contribution in [3.05, 3.63) is 29.0 Å². The van der Waals surface area contributed by atoms with Gasteiger partial charge in [-0.05, 0) is 18.7 Å². The Morgan fingerprint density at radius 2 is 2.28 bits per heavy atom. The molecule has 3 nitrogen and oxygen atoms in total. The van der Waals surface area contributed by atoms with Gasteiger partial charge in [0.1, 0.15) is 23.8 Å². The van der Waals surface area contributed by atoms with Gasteiger partial charge in [0.2, 0.25) is 0 Å². The molecule has 3 unspecified atom stereocenters. The van der Waals surface area contributed by atoms with E-state index in [2.05, 4.69) is 12.2 Å². The van der Waals surface area contributed by atoms with Crippen LogP contribution in [0.5, 0.6) is 5.75 Å². The Balaban J connectivity index is 1.96. The van der Waals surface area contributed by atoms with E-state index in [1.54, 1.807) is 13.2 Å². The molecular formula is C13H17ClFNO2. The van der Waals surface area contributed by atoms with E-state index in [0.717, 1.165) is 13.0 Å². The number of hydrogen-bond acceptors (Lipinski definition) is 3. The van der Waals surface area contributed by atoms with Crippen molar-refractivity contribution in [2.75, 3.05) is 13.7 Å². The largest absolute Gasteiger partial charge is 0.488 e. The first-order valence-corrected chi connectivity index (χ1v) is 6.41. The van der Waals surface area contributed by atoms with Crippen LogP contribution in [0, 0.1) is 5.82 Å². The second-order valence-electron chi connectivity index (χ2n) is 4.33. The van der Waals surface area contributed by atoms with Crippen molar-refractivity contribution in [1.82, 2.24) is 5.32 Å². The Bertz CT molecular complexity index is 416. The van der Waals surface area contributed by atoms with Crippen molar-refractivity contribution in [1.29, 1.82) is 0 Å². The highest BCUT2D eigenvalue weighted by molar-refractivity contribution is 6.30. The zero-order chi connectivity index (χ0) is 13.1. The van der Waals surface area contributed by atoms with Crippen molar-refractivity contribution in [3.8, 4) is 5.75 Å². The fraction of sp³-hybridized carbons (Fsp3) is 0.538. The first-order valence-electron chi connectivity index (χ1n) is 6.03. The fourth-order valence-electron chi connectivity index (χ4n) is 2.20. The van der Waals surface area contributed by atoms with Crippen LogP contribution in [0.1, 0.15) is 13.3 Å². The smallest absolute Gasteiger partial charge is 0.142 e. The average molecular weight is 274 g/mol. The number of hydrogen-bond donors (Lipinski definition) is 1. The summed E-state index contributed by atoms with van der Waals surface area (Å²) in [6.07, 6.45) is 0.885. The van der Waals surface area contributed by atoms with Gasteiger partial charge >= 0.3 is 0 Å². The van der Waals surface area contributed by atoms with Gasteiger partial charge in [0, 0.05) is 25.6 Å². The van der Waals surface area contributed by atoms with Crippen molar-refractivity contribution < 1.29 is 13.9 Å². The van der Waals surface area contributed by atoms with Crippen molar-refractivity contribution in [2.24, 2.45) is 0 Å². The summed E-state index contributed by atoms with van der Waals surface area (Å²) in [6.45, 7) is 2.96. The standard InChI is InChI=1S/C13H17ClFNO2/c1-3-16-11-7-12(13(11)17-2)18-8-4-5-10(15)9(14)6-8/h4-6,11-13,16H,3,7H2,1-2H3. The zero-order valence-corrected chi connectivity index (χ0v) is 11.2. The Morgan fingerprint density at radius 3 is 2.89 bits per heavy atom. The number of nitrogens with one attached hydrogen (secondary N) is 1. The van der Waals surface area contributed by atoms with Crippen LogP contribution in [0.3, 0.4) is 0 Å². The minimum atomic E-state index is -0.438. The van der Waals surface area contributed by atoms with Gasteiger partial charge in [-0.2, -0.15) is 0 Å². The number of halogens is 2. The molecule has 0 aliphatic heterocycles. The van der Waals surface area contributed by atoms with E-state index in [1.807, 2.05) is 0 Å². The summed E-state index contributed by atoms with van der Waals surface area (Å²) in [7, 11) is 1.67. The molecule has 0 heterocycles. The normalized spacial score (nSPS) is 26.8. The molecule has 1 aliphatic carbocycles. The van der Waals surface area contributed by atoms with E-state index >= 15 is 0 Å². The second kappa shape index (κ2) is 5.87. The highest BCUT2D eigenvalue weighted by Crippen LogP contribution is 2.30. The number of ether oxygens (including phenoxy) is 2. The number of rotatable bonds is 5. The van der Waals surface area contributed by atoms with Crippen LogP contribution in [0.4, 0.5) is 4.39 Å². The third-order valence-electron chi connectivity index (χ3n) is 3.17. The maximum absolute atomic E-state index is 13.0. The van der Waals surface area contributed by atoms with Gasteiger partial charge in [0.25, 0.3) is 0 Å². The fourth-order valence-corrected chi connectivity index (χ4v) is 2.37. The van der Waals surface area contributed by atoms with Gasteiger partial charge in [-0.15, -0.1) is 0 Å². The summed E-state index contributed by atoms with van der Waals surface area (Å²) in [5, 5.41) is 3.40. The molecule has 100 valence electrons. The van der Waals surface area contributed by atoms with Crippen molar-refractivity contribution in [2.45, 2.75) is 31.6 Å². The molecule has 1 aromatic carbocycles. The van der Waals surface area contributed by atoms with Crippen LogP contribution in [0.2, 0.25) is 5.02 Å². The number of benzene rings is 1. The SMILES string of the molecule is CCNC1CC(Oc2ccc(F)c(Cl)c2)C1OC. The van der Waals surface area contributed by atoms with E-state index in [4.69, 9.17) is 21.1 Å². The van der Waals surface area contributed by atoms with Gasteiger partial charge in [-0.25, -0.2) is 4.39 Å². The van der Waals surface area contributed by atoms with Crippen LogP contribution < -0.4 is 10.1 Å². The lowest BCUT2D eigenvalue weighted by Crippen LogP contribution is -2.60. The molecule has 0 aromatic heterocycles. The molecule has 1 aliphatic rings. The molecule has 0 spiro atoms. The van der Waals surface area contributed by atoms with E-state index in [-0.39, 0.29) is 17.2 Å². The maximum Gasteiger partial charge on any atom is 0.142 e. The lowest BCUT2D eigenvalue weighted by Gasteiger charge is -2.43. The molecule has 3 atom stereocenters. The van der Waals surface area contributed by atoms with Gasteiger partial charge in [-0.1, -0.05) is 18.5 Å². The maximum atomic E-state index is 13.0. The summed E-state index contributed by atoms with van der Waals surface area (Å²) in [5.74, 6) is 0.134. The van der Waals surface area contributed by atoms with E-state index in [0.29, 0.717) is 11.8 Å². The molecule has 1 saturated carbocycles. The highest BCUT2D eigenvalue weighted by atomic mass is 35.5. The molecule has 1 fully saturated rings. The lowest BCUT2D eigenvalue weighted by atomic mass is 9.85. The number of likely N-dealkylation sites (N-methyl/N-ethyl adjacent to an activating group) is 1. The molecule has 0 saturated heterocycles. The average Bonchev–Trinajstić information content (AvgIpc) is 2.32. The third kappa shape index (κ3) is 2.76. The Hall–Kier alpha value is -0.840. The predicted octanol–water partition coefficient (Wildman–Crippen LogP) is 2.62. The van der Waals surface area contributed by atoms with Crippen LogP contribution in [0.15, 0.2) is 18.2 Å². The molecule has 0 bridgehead atoms. The van der Waals surface area contributed by atoms with Crippen LogP contribution in [-0.4, -0.2) is 31.9 Å². The summed E-state index contributed by atoms with van der Waals surface area (Å²) >= 11 is 5.71. The Kier molecular flexibility index (Phi) is 4.43. The quantitative estimate of drug-likeness (QED) is 0.895. The Morgan fingerprint density at radius 1 is 1.50 bits per heavy atom. The van der Waals surface area contributed by atoms with Crippen molar-refractivity contribution >= 4 is 11.6 Å². The topological polar surface area (TPSA) is 30.5 Å². The monoisotopic (exact) mass is 273 g/mol. The first-order chi connectivity index (χ1) is 8.65. The number of methoxy groups -OCH3 is 1. The molecule has 2 rings (SSSR count). The predicted molar refractivity (Wildman–Crippen MR) is 68.7 cm³/mol. The third-order valence-corrected chi connectivity index (χ3v) is 3.46. The van der Waals surface area contributed by atoms with E-state index in [1.165, 1.54) is 12.1 Å². The minimum Gasteiger partial charge on any atom is -0.488 e. The summed E-state index contributed by atoms with van der Waals surface area (Å²) in [5.41, 5.74) is 0. The lowest BCUT2D eigenvalue weighted by molar-refractivity contribution is -0.0884. The summed E-state index contributed by atoms with van der Waals surface area (Å²) in [6, 6.07) is 4.69. The molecule has 1 aromatic rings. The molecule has 18 heavy (non-hydrogen) atoms. The van der Waals surface area contributed by atoms with E-state index in [9.17, 15) is 4.39 Å². The minimum absolute atomic E-state index is 0.0134. The highest BCUT2D eigenvalue weighted by Gasteiger charge is 2.42. The van der Waals surface area contributed by atoms with Gasteiger partial charge in [0.05, 0.1) is 5.02 Å². The molecule has 5 heteroatoms. The van der Waals surface area contributed by atoms with Gasteiger partial charge in [0.15, 0.2) is 0 Å².